The summed E-state index contributed by atoms with van der Waals surface area (Å²) in [7, 11) is 0. The average Bonchev–Trinajstić information content (AvgIpc) is 3.12. The van der Waals surface area contributed by atoms with Crippen LogP contribution in [-0.2, 0) is 28.6 Å². The van der Waals surface area contributed by atoms with Crippen LogP contribution < -0.4 is 0 Å². The van der Waals surface area contributed by atoms with Gasteiger partial charge in [0, 0.05) is 19.3 Å². The lowest BCUT2D eigenvalue weighted by molar-refractivity contribution is -0.167. The van der Waals surface area contributed by atoms with E-state index in [1.54, 1.807) is 0 Å². The molecule has 0 aromatic rings. The van der Waals surface area contributed by atoms with E-state index in [4.69, 9.17) is 14.2 Å². The summed E-state index contributed by atoms with van der Waals surface area (Å²) >= 11 is 0. The SMILES string of the molecule is CCCCCCCCCC(=O)OC[C@@H](COC(=O)CCCCCCCCCCCCC(C)C)OC(=O)CCCCCCCCCCCCC(C)CC. The molecule has 0 heterocycles. The Labute approximate surface area is 323 Å². The van der Waals surface area contributed by atoms with Crippen molar-refractivity contribution in [3.8, 4) is 0 Å². The van der Waals surface area contributed by atoms with Crippen molar-refractivity contribution in [3.05, 3.63) is 0 Å². The topological polar surface area (TPSA) is 78.9 Å². The summed E-state index contributed by atoms with van der Waals surface area (Å²) in [5.74, 6) is 0.822. The van der Waals surface area contributed by atoms with Crippen LogP contribution in [-0.4, -0.2) is 37.2 Å². The fourth-order valence-electron chi connectivity index (χ4n) is 6.72. The predicted molar refractivity (Wildman–Crippen MR) is 220 cm³/mol. The summed E-state index contributed by atoms with van der Waals surface area (Å²) in [4.78, 5) is 37.6. The maximum atomic E-state index is 12.7. The first-order valence-electron chi connectivity index (χ1n) is 22.8. The lowest BCUT2D eigenvalue weighted by atomic mass is 9.99. The van der Waals surface area contributed by atoms with Crippen LogP contribution in [0.2, 0.25) is 0 Å². The van der Waals surface area contributed by atoms with Crippen LogP contribution >= 0.6 is 0 Å². The third kappa shape index (κ3) is 38.1. The van der Waals surface area contributed by atoms with Gasteiger partial charge in [-0.25, -0.2) is 0 Å². The predicted octanol–water partition coefficient (Wildman–Crippen LogP) is 14.2. The molecular weight excluding hydrogens is 649 g/mol. The first-order chi connectivity index (χ1) is 25.3. The molecule has 0 rings (SSSR count). The molecule has 0 saturated carbocycles. The molecule has 308 valence electrons. The second-order valence-electron chi connectivity index (χ2n) is 16.4. The second kappa shape index (κ2) is 39.1. The molecule has 52 heavy (non-hydrogen) atoms. The lowest BCUT2D eigenvalue weighted by Gasteiger charge is -2.18. The van der Waals surface area contributed by atoms with Crippen molar-refractivity contribution in [1.29, 1.82) is 0 Å². The highest BCUT2D eigenvalue weighted by Crippen LogP contribution is 2.17. The van der Waals surface area contributed by atoms with Gasteiger partial charge in [-0.05, 0) is 31.1 Å². The van der Waals surface area contributed by atoms with Gasteiger partial charge in [0.25, 0.3) is 0 Å². The summed E-state index contributed by atoms with van der Waals surface area (Å²) < 4.78 is 16.7. The highest BCUT2D eigenvalue weighted by molar-refractivity contribution is 5.71. The zero-order valence-electron chi connectivity index (χ0n) is 35.4. The van der Waals surface area contributed by atoms with Gasteiger partial charge in [0.1, 0.15) is 13.2 Å². The summed E-state index contributed by atoms with van der Waals surface area (Å²) in [6.45, 7) is 11.3. The molecule has 0 aromatic heterocycles. The largest absolute Gasteiger partial charge is 0.462 e. The maximum Gasteiger partial charge on any atom is 0.306 e. The van der Waals surface area contributed by atoms with Gasteiger partial charge in [0.05, 0.1) is 0 Å². The number of hydrogen-bond acceptors (Lipinski definition) is 6. The molecule has 1 unspecified atom stereocenters. The molecule has 0 N–H and O–H groups in total. The Hall–Kier alpha value is -1.59. The quantitative estimate of drug-likeness (QED) is 0.0354. The first-order valence-corrected chi connectivity index (χ1v) is 22.8. The van der Waals surface area contributed by atoms with Crippen molar-refractivity contribution in [3.63, 3.8) is 0 Å². The molecule has 0 bridgehead atoms. The van der Waals surface area contributed by atoms with Gasteiger partial charge in [-0.3, -0.25) is 14.4 Å². The van der Waals surface area contributed by atoms with E-state index < -0.39 is 6.10 Å². The monoisotopic (exact) mass is 737 g/mol. The molecular formula is C46H88O6. The molecule has 0 radical (unpaired) electrons. The van der Waals surface area contributed by atoms with Crippen molar-refractivity contribution < 1.29 is 28.6 Å². The standard InChI is InChI=1S/C46H88O6/c1-6-8-9-10-19-26-31-36-44(47)50-39-43(40-51-45(48)37-32-27-22-17-13-11-15-20-24-29-34-41(3)4)52-46(49)38-33-28-23-18-14-12-16-21-25-30-35-42(5)7-2/h41-43H,6-40H2,1-5H3/t42?,43-/m0/s1. The van der Waals surface area contributed by atoms with E-state index in [0.717, 1.165) is 69.6 Å². The Bertz CT molecular complexity index is 796. The van der Waals surface area contributed by atoms with Gasteiger partial charge in [0.15, 0.2) is 6.10 Å². The number of esters is 3. The minimum absolute atomic E-state index is 0.0654. The molecule has 2 atom stereocenters. The minimum atomic E-state index is -0.759. The fraction of sp³-hybridized carbons (Fsp3) is 0.935. The molecule has 0 aliphatic rings. The van der Waals surface area contributed by atoms with Crippen molar-refractivity contribution in [2.75, 3.05) is 13.2 Å². The van der Waals surface area contributed by atoms with E-state index in [2.05, 4.69) is 34.6 Å². The molecule has 0 aliphatic carbocycles. The fourth-order valence-corrected chi connectivity index (χ4v) is 6.72. The smallest absolute Gasteiger partial charge is 0.306 e. The Balaban J connectivity index is 4.28. The van der Waals surface area contributed by atoms with Crippen LogP contribution in [0.15, 0.2) is 0 Å². The zero-order chi connectivity index (χ0) is 38.3. The van der Waals surface area contributed by atoms with E-state index in [1.165, 1.54) is 135 Å². The Morgan fingerprint density at radius 3 is 1.10 bits per heavy atom. The van der Waals surface area contributed by atoms with Crippen LogP contribution in [0.5, 0.6) is 0 Å². The van der Waals surface area contributed by atoms with Gasteiger partial charge < -0.3 is 14.2 Å². The van der Waals surface area contributed by atoms with Crippen LogP contribution in [0, 0.1) is 11.8 Å². The second-order valence-corrected chi connectivity index (χ2v) is 16.4. The van der Waals surface area contributed by atoms with Gasteiger partial charge in [-0.2, -0.15) is 0 Å². The molecule has 0 spiro atoms. The normalized spacial score (nSPS) is 12.6. The van der Waals surface area contributed by atoms with Crippen molar-refractivity contribution in [1.82, 2.24) is 0 Å². The van der Waals surface area contributed by atoms with Crippen LogP contribution in [0.25, 0.3) is 0 Å². The van der Waals surface area contributed by atoms with E-state index in [1.807, 2.05) is 0 Å². The Morgan fingerprint density at radius 1 is 0.404 bits per heavy atom. The number of carbonyl (C=O) groups is 3. The van der Waals surface area contributed by atoms with Crippen LogP contribution in [0.3, 0.4) is 0 Å². The van der Waals surface area contributed by atoms with Crippen molar-refractivity contribution in [2.24, 2.45) is 11.8 Å². The van der Waals surface area contributed by atoms with Gasteiger partial charge in [-0.15, -0.1) is 0 Å². The van der Waals surface area contributed by atoms with E-state index >= 15 is 0 Å². The highest BCUT2D eigenvalue weighted by atomic mass is 16.6. The van der Waals surface area contributed by atoms with Gasteiger partial charge >= 0.3 is 17.9 Å². The number of rotatable bonds is 40. The zero-order valence-corrected chi connectivity index (χ0v) is 35.4. The van der Waals surface area contributed by atoms with E-state index in [9.17, 15) is 14.4 Å². The summed E-state index contributed by atoms with van der Waals surface area (Å²) in [5, 5.41) is 0. The number of carbonyl (C=O) groups excluding carboxylic acids is 3. The molecule has 0 fully saturated rings. The molecule has 6 nitrogen and oxygen atoms in total. The van der Waals surface area contributed by atoms with E-state index in [-0.39, 0.29) is 31.1 Å². The summed E-state index contributed by atoms with van der Waals surface area (Å²) in [5.41, 5.74) is 0. The number of ether oxygens (including phenoxy) is 3. The molecule has 0 amide bonds. The lowest BCUT2D eigenvalue weighted by Crippen LogP contribution is -2.30. The Morgan fingerprint density at radius 2 is 0.731 bits per heavy atom. The number of hydrogen-bond donors (Lipinski definition) is 0. The maximum absolute atomic E-state index is 12.7. The van der Waals surface area contributed by atoms with Crippen LogP contribution in [0.1, 0.15) is 247 Å². The third-order valence-corrected chi connectivity index (χ3v) is 10.6. The highest BCUT2D eigenvalue weighted by Gasteiger charge is 2.19. The summed E-state index contributed by atoms with van der Waals surface area (Å²) in [6.07, 6.45) is 36.6. The minimum Gasteiger partial charge on any atom is -0.462 e. The molecule has 0 saturated heterocycles. The Kier molecular flexibility index (Phi) is 37.9. The van der Waals surface area contributed by atoms with Crippen molar-refractivity contribution >= 4 is 17.9 Å². The van der Waals surface area contributed by atoms with Gasteiger partial charge in [-0.1, -0.05) is 208 Å². The molecule has 6 heteroatoms. The average molecular weight is 737 g/mol. The third-order valence-electron chi connectivity index (χ3n) is 10.6. The molecule has 0 aromatic carbocycles. The summed E-state index contributed by atoms with van der Waals surface area (Å²) in [6, 6.07) is 0. The van der Waals surface area contributed by atoms with Crippen LogP contribution in [0.4, 0.5) is 0 Å². The van der Waals surface area contributed by atoms with Gasteiger partial charge in [0.2, 0.25) is 0 Å². The first kappa shape index (κ1) is 50.4. The number of unbranched alkanes of at least 4 members (excludes halogenated alkanes) is 24. The van der Waals surface area contributed by atoms with Crippen molar-refractivity contribution in [2.45, 2.75) is 253 Å². The molecule has 0 aliphatic heterocycles. The van der Waals surface area contributed by atoms with E-state index in [0.29, 0.717) is 19.3 Å².